The number of allylic oxidation sites excluding steroid dienone is 2. The fourth-order valence-electron chi connectivity index (χ4n) is 3.76. The van der Waals surface area contributed by atoms with E-state index in [1.807, 2.05) is 0 Å². The van der Waals surface area contributed by atoms with Crippen LogP contribution in [0.5, 0.6) is 0 Å². The number of hydrogen-bond donors (Lipinski definition) is 0. The van der Waals surface area contributed by atoms with Crippen LogP contribution in [0, 0.1) is 0 Å². The Morgan fingerprint density at radius 1 is 0.957 bits per heavy atom. The van der Waals surface area contributed by atoms with E-state index < -0.39 is 0 Å². The third-order valence-corrected chi connectivity index (χ3v) is 5.25. The summed E-state index contributed by atoms with van der Waals surface area (Å²) >= 11 is 0. The molecular formula is C22H21N. The molecule has 2 aliphatic carbocycles. The van der Waals surface area contributed by atoms with Gasteiger partial charge >= 0.3 is 0 Å². The zero-order valence-corrected chi connectivity index (χ0v) is 14.0. The molecular weight excluding hydrogens is 278 g/mol. The maximum Gasteiger partial charge on any atom is 0.0747 e. The van der Waals surface area contributed by atoms with Crippen LogP contribution in [-0.2, 0) is 11.8 Å². The fourth-order valence-corrected chi connectivity index (χ4v) is 3.76. The van der Waals surface area contributed by atoms with Crippen molar-refractivity contribution in [3.8, 4) is 0 Å². The molecule has 23 heavy (non-hydrogen) atoms. The molecule has 0 atom stereocenters. The quantitative estimate of drug-likeness (QED) is 0.676. The Hall–Kier alpha value is -2.41. The predicted molar refractivity (Wildman–Crippen MR) is 97.9 cm³/mol. The van der Waals surface area contributed by atoms with E-state index in [1.54, 1.807) is 0 Å². The monoisotopic (exact) mass is 299 g/mol. The minimum Gasteiger partial charge on any atom is -0.248 e. The Morgan fingerprint density at radius 3 is 2.39 bits per heavy atom. The number of rotatable bonds is 1. The maximum atomic E-state index is 5.11. The molecule has 2 aromatic carbocycles. The lowest BCUT2D eigenvalue weighted by atomic mass is 9.83. The van der Waals surface area contributed by atoms with E-state index in [-0.39, 0.29) is 5.41 Å². The SMILES string of the molecule is C=C1C(=NC2=C(C)Cc3ccccc32)c2ccccc2C1(C)C. The summed E-state index contributed by atoms with van der Waals surface area (Å²) in [4.78, 5) is 5.11. The van der Waals surface area contributed by atoms with Crippen molar-refractivity contribution in [2.45, 2.75) is 32.6 Å². The van der Waals surface area contributed by atoms with Gasteiger partial charge in [0.2, 0.25) is 0 Å². The molecule has 1 nitrogen and oxygen atoms in total. The summed E-state index contributed by atoms with van der Waals surface area (Å²) in [5.41, 5.74) is 9.79. The van der Waals surface area contributed by atoms with Crippen LogP contribution in [0.4, 0.5) is 0 Å². The summed E-state index contributed by atoms with van der Waals surface area (Å²) in [5.74, 6) is 0. The molecule has 2 aromatic rings. The van der Waals surface area contributed by atoms with Gasteiger partial charge in [0.05, 0.1) is 11.4 Å². The van der Waals surface area contributed by atoms with Crippen LogP contribution in [0.3, 0.4) is 0 Å². The van der Waals surface area contributed by atoms with Crippen molar-refractivity contribution in [3.63, 3.8) is 0 Å². The topological polar surface area (TPSA) is 12.4 Å². The molecule has 0 heterocycles. The summed E-state index contributed by atoms with van der Waals surface area (Å²) < 4.78 is 0. The lowest BCUT2D eigenvalue weighted by molar-refractivity contribution is 0.665. The van der Waals surface area contributed by atoms with Crippen molar-refractivity contribution in [2.75, 3.05) is 0 Å². The van der Waals surface area contributed by atoms with Crippen LogP contribution in [-0.4, -0.2) is 5.71 Å². The molecule has 0 saturated carbocycles. The number of nitrogens with zero attached hydrogens (tertiary/aromatic N) is 1. The molecule has 0 N–H and O–H groups in total. The Labute approximate surface area is 138 Å². The minimum absolute atomic E-state index is 0.0536. The van der Waals surface area contributed by atoms with E-state index in [0.717, 1.165) is 23.4 Å². The zero-order chi connectivity index (χ0) is 16.2. The first-order chi connectivity index (χ1) is 11.0. The van der Waals surface area contributed by atoms with E-state index in [0.29, 0.717) is 0 Å². The van der Waals surface area contributed by atoms with Crippen molar-refractivity contribution < 1.29 is 0 Å². The van der Waals surface area contributed by atoms with Crippen molar-refractivity contribution in [2.24, 2.45) is 4.99 Å². The molecule has 0 spiro atoms. The van der Waals surface area contributed by atoms with Crippen LogP contribution in [0.1, 0.15) is 43.0 Å². The molecule has 0 bridgehead atoms. The predicted octanol–water partition coefficient (Wildman–Crippen LogP) is 5.31. The van der Waals surface area contributed by atoms with Gasteiger partial charge in [-0.1, -0.05) is 69.0 Å². The highest BCUT2D eigenvalue weighted by Gasteiger charge is 2.38. The van der Waals surface area contributed by atoms with Gasteiger partial charge in [0, 0.05) is 16.5 Å². The van der Waals surface area contributed by atoms with Crippen LogP contribution >= 0.6 is 0 Å². The number of benzene rings is 2. The van der Waals surface area contributed by atoms with Crippen LogP contribution in [0.25, 0.3) is 5.70 Å². The van der Waals surface area contributed by atoms with Gasteiger partial charge in [0.25, 0.3) is 0 Å². The van der Waals surface area contributed by atoms with Gasteiger partial charge in [-0.05, 0) is 35.6 Å². The van der Waals surface area contributed by atoms with Gasteiger partial charge in [-0.15, -0.1) is 0 Å². The summed E-state index contributed by atoms with van der Waals surface area (Å²) in [6, 6.07) is 17.2. The molecule has 0 amide bonds. The second-order valence-electron chi connectivity index (χ2n) is 7.07. The molecule has 0 fully saturated rings. The van der Waals surface area contributed by atoms with Crippen LogP contribution in [0.15, 0.2) is 71.2 Å². The third kappa shape index (κ3) is 1.96. The van der Waals surface area contributed by atoms with Gasteiger partial charge in [0.15, 0.2) is 0 Å². The first-order valence-electron chi connectivity index (χ1n) is 8.16. The summed E-state index contributed by atoms with van der Waals surface area (Å²) in [5, 5.41) is 0. The van der Waals surface area contributed by atoms with Gasteiger partial charge < -0.3 is 0 Å². The van der Waals surface area contributed by atoms with Crippen LogP contribution in [0.2, 0.25) is 0 Å². The zero-order valence-electron chi connectivity index (χ0n) is 14.0. The van der Waals surface area contributed by atoms with E-state index in [9.17, 15) is 0 Å². The first kappa shape index (κ1) is 14.2. The average Bonchev–Trinajstić information content (AvgIpc) is 2.96. The standard InChI is InChI=1S/C22H21N/c1-14-13-16-9-5-6-10-17(16)20(14)23-21-15(2)22(3,4)19-12-8-7-11-18(19)21/h5-12H,2,13H2,1,3-4H3. The molecule has 2 aliphatic rings. The fraction of sp³-hybridized carbons (Fsp3) is 0.227. The first-order valence-corrected chi connectivity index (χ1v) is 8.16. The van der Waals surface area contributed by atoms with Gasteiger partial charge in [-0.3, -0.25) is 0 Å². The lowest BCUT2D eigenvalue weighted by Gasteiger charge is -2.20. The number of hydrogen-bond acceptors (Lipinski definition) is 1. The minimum atomic E-state index is -0.0536. The van der Waals surface area contributed by atoms with E-state index in [4.69, 9.17) is 4.99 Å². The largest absolute Gasteiger partial charge is 0.248 e. The van der Waals surface area contributed by atoms with Gasteiger partial charge in [0.1, 0.15) is 0 Å². The van der Waals surface area contributed by atoms with E-state index >= 15 is 0 Å². The Bertz CT molecular complexity index is 894. The number of fused-ring (bicyclic) bond motifs is 2. The second kappa shape index (κ2) is 4.79. The van der Waals surface area contributed by atoms with Crippen LogP contribution < -0.4 is 0 Å². The van der Waals surface area contributed by atoms with Crippen molar-refractivity contribution in [3.05, 3.63) is 88.5 Å². The summed E-state index contributed by atoms with van der Waals surface area (Å²) in [6.07, 6.45) is 1.000. The van der Waals surface area contributed by atoms with Crippen molar-refractivity contribution in [1.82, 2.24) is 0 Å². The molecule has 0 unspecified atom stereocenters. The third-order valence-electron chi connectivity index (χ3n) is 5.25. The highest BCUT2D eigenvalue weighted by Crippen LogP contribution is 2.43. The lowest BCUT2D eigenvalue weighted by Crippen LogP contribution is -2.16. The average molecular weight is 299 g/mol. The highest BCUT2D eigenvalue weighted by atomic mass is 14.8. The highest BCUT2D eigenvalue weighted by molar-refractivity contribution is 6.20. The normalized spacial score (nSPS) is 20.1. The number of aliphatic imine (C=N–C) groups is 1. The molecule has 0 aromatic heterocycles. The summed E-state index contributed by atoms with van der Waals surface area (Å²) in [6.45, 7) is 11.0. The van der Waals surface area contributed by atoms with Gasteiger partial charge in [-0.2, -0.15) is 0 Å². The smallest absolute Gasteiger partial charge is 0.0747 e. The molecule has 0 radical (unpaired) electrons. The molecule has 0 aliphatic heterocycles. The van der Waals surface area contributed by atoms with Crippen molar-refractivity contribution >= 4 is 11.4 Å². The molecule has 0 saturated heterocycles. The van der Waals surface area contributed by atoms with E-state index in [1.165, 1.54) is 27.8 Å². The maximum absolute atomic E-state index is 5.11. The molecule has 1 heteroatoms. The second-order valence-corrected chi connectivity index (χ2v) is 7.07. The molecule has 114 valence electrons. The Kier molecular flexibility index (Phi) is 2.96. The Morgan fingerprint density at radius 2 is 1.61 bits per heavy atom. The van der Waals surface area contributed by atoms with Gasteiger partial charge in [-0.25, -0.2) is 4.99 Å². The Balaban J connectivity index is 1.91. The molecule has 4 rings (SSSR count). The summed E-state index contributed by atoms with van der Waals surface area (Å²) in [7, 11) is 0. The van der Waals surface area contributed by atoms with E-state index in [2.05, 4.69) is 75.9 Å². The van der Waals surface area contributed by atoms with Crippen molar-refractivity contribution in [1.29, 1.82) is 0 Å².